The second kappa shape index (κ2) is 5.72. The van der Waals surface area contributed by atoms with E-state index in [2.05, 4.69) is 20.9 Å². The Morgan fingerprint density at radius 1 is 1.32 bits per heavy atom. The Kier molecular flexibility index (Phi) is 4.22. The Morgan fingerprint density at radius 3 is 2.53 bits per heavy atom. The zero-order valence-corrected chi connectivity index (χ0v) is 12.6. The molecule has 0 fully saturated rings. The van der Waals surface area contributed by atoms with Crippen molar-refractivity contribution in [2.24, 2.45) is 0 Å². The van der Waals surface area contributed by atoms with Gasteiger partial charge in [-0.05, 0) is 42.2 Å². The monoisotopic (exact) mass is 320 g/mol. The molecule has 100 valence electrons. The van der Waals surface area contributed by atoms with Crippen molar-refractivity contribution in [2.45, 2.75) is 26.4 Å². The highest BCUT2D eigenvalue weighted by molar-refractivity contribution is 9.10. The highest BCUT2D eigenvalue weighted by Crippen LogP contribution is 2.27. The van der Waals surface area contributed by atoms with E-state index in [1.165, 1.54) is 0 Å². The molecule has 1 aromatic carbocycles. The number of nitrogens with two attached hydrogens (primary N) is 1. The summed E-state index contributed by atoms with van der Waals surface area (Å²) in [6.45, 7) is 4.04. The normalized spacial score (nSPS) is 12.4. The number of halogens is 1. The van der Waals surface area contributed by atoms with Crippen LogP contribution in [0.4, 0.5) is 5.82 Å². The third-order valence-electron chi connectivity index (χ3n) is 3.18. The predicted molar refractivity (Wildman–Crippen MR) is 80.9 cm³/mol. The Hall–Kier alpha value is -1.39. The average Bonchev–Trinajstić information content (AvgIpc) is 2.38. The fourth-order valence-corrected chi connectivity index (χ4v) is 2.35. The van der Waals surface area contributed by atoms with Gasteiger partial charge >= 0.3 is 0 Å². The van der Waals surface area contributed by atoms with Crippen LogP contribution in [0.2, 0.25) is 0 Å². The number of aliphatic hydroxyl groups is 1. The molecule has 1 heterocycles. The zero-order valence-electron chi connectivity index (χ0n) is 11.0. The summed E-state index contributed by atoms with van der Waals surface area (Å²) in [5.74, 6) is 0.479. The minimum atomic E-state index is -0.572. The lowest BCUT2D eigenvalue weighted by Gasteiger charge is -2.15. The van der Waals surface area contributed by atoms with Gasteiger partial charge in [0.05, 0.1) is 6.10 Å². The summed E-state index contributed by atoms with van der Waals surface area (Å²) in [5.41, 5.74) is 9.81. The molecule has 1 aromatic heterocycles. The molecular formula is C15H17BrN2O. The van der Waals surface area contributed by atoms with Crippen molar-refractivity contribution in [3.63, 3.8) is 0 Å². The van der Waals surface area contributed by atoms with E-state index in [1.807, 2.05) is 38.1 Å². The summed E-state index contributed by atoms with van der Waals surface area (Å²) in [6, 6.07) is 7.71. The lowest BCUT2D eigenvalue weighted by molar-refractivity contribution is 0.178. The summed E-state index contributed by atoms with van der Waals surface area (Å²) >= 11 is 3.53. The highest BCUT2D eigenvalue weighted by Gasteiger charge is 2.13. The van der Waals surface area contributed by atoms with Crippen molar-refractivity contribution in [1.82, 2.24) is 4.98 Å². The van der Waals surface area contributed by atoms with Crippen molar-refractivity contribution in [3.8, 4) is 0 Å². The summed E-state index contributed by atoms with van der Waals surface area (Å²) < 4.78 is 1.09. The van der Waals surface area contributed by atoms with E-state index in [4.69, 9.17) is 5.73 Å². The zero-order chi connectivity index (χ0) is 14.0. The topological polar surface area (TPSA) is 59.1 Å². The van der Waals surface area contributed by atoms with Crippen LogP contribution in [0.1, 0.15) is 28.4 Å². The maximum atomic E-state index is 10.3. The fraction of sp³-hybridized carbons (Fsp3) is 0.267. The van der Waals surface area contributed by atoms with Crippen molar-refractivity contribution in [2.75, 3.05) is 5.73 Å². The van der Waals surface area contributed by atoms with Gasteiger partial charge in [0.25, 0.3) is 0 Å². The molecule has 0 bridgehead atoms. The maximum Gasteiger partial charge on any atom is 0.126 e. The minimum Gasteiger partial charge on any atom is -0.388 e. The van der Waals surface area contributed by atoms with Crippen LogP contribution < -0.4 is 5.73 Å². The van der Waals surface area contributed by atoms with Gasteiger partial charge in [-0.1, -0.05) is 34.1 Å². The van der Waals surface area contributed by atoms with Crippen LogP contribution in [0.25, 0.3) is 0 Å². The number of anilines is 1. The van der Waals surface area contributed by atoms with Crippen LogP contribution in [0.15, 0.2) is 34.9 Å². The molecule has 0 saturated carbocycles. The number of nitrogens with zero attached hydrogens (tertiary/aromatic N) is 1. The predicted octanol–water partition coefficient (Wildman–Crippen LogP) is 3.32. The van der Waals surface area contributed by atoms with E-state index in [0.717, 1.165) is 26.7 Å². The lowest BCUT2D eigenvalue weighted by Crippen LogP contribution is -2.06. The summed E-state index contributed by atoms with van der Waals surface area (Å²) in [6.07, 6.45) is 1.55. The summed E-state index contributed by atoms with van der Waals surface area (Å²) in [4.78, 5) is 4.03. The Balaban J connectivity index is 2.26. The maximum absolute atomic E-state index is 10.3. The first-order valence-corrected chi connectivity index (χ1v) is 6.92. The molecule has 0 aliphatic heterocycles. The van der Waals surface area contributed by atoms with E-state index in [-0.39, 0.29) is 0 Å². The van der Waals surface area contributed by atoms with Crippen LogP contribution in [0.3, 0.4) is 0 Å². The molecule has 0 spiro atoms. The number of rotatable bonds is 3. The van der Waals surface area contributed by atoms with Crippen LogP contribution in [0, 0.1) is 13.8 Å². The number of aliphatic hydroxyl groups excluding tert-OH is 1. The van der Waals surface area contributed by atoms with Gasteiger partial charge < -0.3 is 10.8 Å². The average molecular weight is 321 g/mol. The molecule has 0 aliphatic carbocycles. The quantitative estimate of drug-likeness (QED) is 0.912. The fourth-order valence-electron chi connectivity index (χ4n) is 2.12. The second-order valence-electron chi connectivity index (χ2n) is 4.74. The summed E-state index contributed by atoms with van der Waals surface area (Å²) in [7, 11) is 0. The van der Waals surface area contributed by atoms with Gasteiger partial charge in [0, 0.05) is 17.1 Å². The van der Waals surface area contributed by atoms with Gasteiger partial charge in [-0.25, -0.2) is 4.98 Å². The second-order valence-corrected chi connectivity index (χ2v) is 5.53. The molecule has 19 heavy (non-hydrogen) atoms. The molecular weight excluding hydrogens is 304 g/mol. The number of pyridine rings is 1. The molecule has 1 unspecified atom stereocenters. The van der Waals surface area contributed by atoms with Crippen molar-refractivity contribution < 1.29 is 5.11 Å². The van der Waals surface area contributed by atoms with Crippen molar-refractivity contribution >= 4 is 21.7 Å². The molecule has 0 aliphatic rings. The minimum absolute atomic E-state index is 0.472. The van der Waals surface area contributed by atoms with Gasteiger partial charge in [0.1, 0.15) is 5.82 Å². The molecule has 3 nitrogen and oxygen atoms in total. The van der Waals surface area contributed by atoms with Gasteiger partial charge in [-0.15, -0.1) is 0 Å². The van der Waals surface area contributed by atoms with E-state index in [1.54, 1.807) is 6.20 Å². The van der Waals surface area contributed by atoms with Gasteiger partial charge in [-0.2, -0.15) is 0 Å². The molecule has 4 heteroatoms. The van der Waals surface area contributed by atoms with E-state index in [9.17, 15) is 5.11 Å². The Bertz CT molecular complexity index is 575. The first-order chi connectivity index (χ1) is 8.99. The van der Waals surface area contributed by atoms with Crippen LogP contribution in [-0.4, -0.2) is 10.1 Å². The molecule has 0 amide bonds. The Labute approximate surface area is 121 Å². The van der Waals surface area contributed by atoms with Gasteiger partial charge in [-0.3, -0.25) is 0 Å². The molecule has 3 N–H and O–H groups in total. The first-order valence-electron chi connectivity index (χ1n) is 6.13. The number of hydrogen-bond donors (Lipinski definition) is 2. The number of nitrogen functional groups attached to an aromatic ring is 1. The third kappa shape index (κ3) is 3.14. The van der Waals surface area contributed by atoms with Gasteiger partial charge in [0.15, 0.2) is 0 Å². The summed E-state index contributed by atoms with van der Waals surface area (Å²) in [5, 5.41) is 10.3. The smallest absolute Gasteiger partial charge is 0.126 e. The molecule has 0 saturated heterocycles. The van der Waals surface area contributed by atoms with Crippen LogP contribution in [0.5, 0.6) is 0 Å². The number of hydrogen-bond acceptors (Lipinski definition) is 3. The largest absolute Gasteiger partial charge is 0.388 e. The SMILES string of the molecule is Cc1cc(C(O)Cc2cccnc2N)cc(C)c1Br. The van der Waals surface area contributed by atoms with E-state index >= 15 is 0 Å². The van der Waals surface area contributed by atoms with Crippen LogP contribution >= 0.6 is 15.9 Å². The molecule has 1 atom stereocenters. The standard InChI is InChI=1S/C15H17BrN2O/c1-9-6-12(7-10(2)14(9)16)13(19)8-11-4-3-5-18-15(11)17/h3-7,13,19H,8H2,1-2H3,(H2,17,18). The van der Waals surface area contributed by atoms with Crippen molar-refractivity contribution in [3.05, 3.63) is 57.2 Å². The number of aryl methyl sites for hydroxylation is 2. The Morgan fingerprint density at radius 2 is 1.95 bits per heavy atom. The molecule has 2 aromatic rings. The van der Waals surface area contributed by atoms with E-state index in [0.29, 0.717) is 12.2 Å². The van der Waals surface area contributed by atoms with Gasteiger partial charge in [0.2, 0.25) is 0 Å². The number of benzene rings is 1. The van der Waals surface area contributed by atoms with E-state index < -0.39 is 6.10 Å². The first kappa shape index (κ1) is 14.0. The lowest BCUT2D eigenvalue weighted by atomic mass is 9.98. The highest BCUT2D eigenvalue weighted by atomic mass is 79.9. The molecule has 2 rings (SSSR count). The third-order valence-corrected chi connectivity index (χ3v) is 4.43. The van der Waals surface area contributed by atoms with Crippen LogP contribution in [-0.2, 0) is 6.42 Å². The van der Waals surface area contributed by atoms with Crippen molar-refractivity contribution in [1.29, 1.82) is 0 Å². The number of aromatic nitrogens is 1. The molecule has 0 radical (unpaired) electrons.